The van der Waals surface area contributed by atoms with Gasteiger partial charge in [-0.1, -0.05) is 29.8 Å². The summed E-state index contributed by atoms with van der Waals surface area (Å²) in [5.74, 6) is -0.999. The van der Waals surface area contributed by atoms with Crippen molar-refractivity contribution in [2.45, 2.75) is 27.2 Å². The molecule has 0 saturated carbocycles. The zero-order valence-corrected chi connectivity index (χ0v) is 15.2. The first kappa shape index (κ1) is 18.9. The Hall–Kier alpha value is -2.40. The van der Waals surface area contributed by atoms with Gasteiger partial charge in [0.2, 0.25) is 11.8 Å². The zero-order chi connectivity index (χ0) is 18.6. The van der Waals surface area contributed by atoms with Crippen LogP contribution in [0.25, 0.3) is 0 Å². The first-order valence-electron chi connectivity index (χ1n) is 7.89. The van der Waals surface area contributed by atoms with E-state index in [9.17, 15) is 14.0 Å². The summed E-state index contributed by atoms with van der Waals surface area (Å²) < 4.78 is 13.3. The van der Waals surface area contributed by atoms with E-state index in [1.54, 1.807) is 0 Å². The molecule has 0 aliphatic rings. The van der Waals surface area contributed by atoms with Crippen molar-refractivity contribution in [3.05, 3.63) is 58.4 Å². The SMILES string of the molecule is CC(=O)N(CCC(=O)Nc1c(C)cccc1C)c1ccc(F)c(Cl)c1. The van der Waals surface area contributed by atoms with E-state index in [1.165, 1.54) is 30.0 Å². The molecule has 0 atom stereocenters. The lowest BCUT2D eigenvalue weighted by molar-refractivity contribution is -0.117. The number of carbonyl (C=O) groups excluding carboxylic acids is 2. The van der Waals surface area contributed by atoms with E-state index in [1.807, 2.05) is 32.0 Å². The number of nitrogens with one attached hydrogen (secondary N) is 1. The molecule has 2 rings (SSSR count). The Morgan fingerprint density at radius 3 is 2.36 bits per heavy atom. The van der Waals surface area contributed by atoms with Crippen molar-refractivity contribution < 1.29 is 14.0 Å². The number of para-hydroxylation sites is 1. The van der Waals surface area contributed by atoms with Crippen molar-refractivity contribution >= 4 is 34.8 Å². The number of amides is 2. The molecule has 132 valence electrons. The smallest absolute Gasteiger partial charge is 0.226 e. The Bertz CT molecular complexity index is 788. The predicted octanol–water partition coefficient (Wildman–Crippen LogP) is 4.48. The van der Waals surface area contributed by atoms with Crippen LogP contribution in [0.1, 0.15) is 24.5 Å². The Balaban J connectivity index is 2.07. The molecule has 0 radical (unpaired) electrons. The van der Waals surface area contributed by atoms with Crippen LogP contribution in [0.2, 0.25) is 5.02 Å². The predicted molar refractivity (Wildman–Crippen MR) is 98.6 cm³/mol. The molecule has 6 heteroatoms. The van der Waals surface area contributed by atoms with E-state index in [4.69, 9.17) is 11.6 Å². The minimum Gasteiger partial charge on any atom is -0.326 e. The van der Waals surface area contributed by atoms with E-state index < -0.39 is 5.82 Å². The first-order chi connectivity index (χ1) is 11.8. The molecule has 1 N–H and O–H groups in total. The molecule has 0 aliphatic heterocycles. The highest BCUT2D eigenvalue weighted by Gasteiger charge is 2.15. The monoisotopic (exact) mass is 362 g/mol. The Morgan fingerprint density at radius 2 is 1.80 bits per heavy atom. The minimum absolute atomic E-state index is 0.0660. The number of anilines is 2. The summed E-state index contributed by atoms with van der Waals surface area (Å²) in [5.41, 5.74) is 3.19. The molecule has 4 nitrogen and oxygen atoms in total. The molecule has 0 spiro atoms. The maximum absolute atomic E-state index is 13.3. The fraction of sp³-hybridized carbons (Fsp3) is 0.263. The third kappa shape index (κ3) is 4.79. The minimum atomic E-state index is -0.554. The average Bonchev–Trinajstić information content (AvgIpc) is 2.54. The lowest BCUT2D eigenvalue weighted by atomic mass is 10.1. The highest BCUT2D eigenvalue weighted by molar-refractivity contribution is 6.31. The highest BCUT2D eigenvalue weighted by Crippen LogP contribution is 2.23. The van der Waals surface area contributed by atoms with Crippen molar-refractivity contribution in [1.29, 1.82) is 0 Å². The number of carbonyl (C=O) groups is 2. The second kappa shape index (κ2) is 8.12. The summed E-state index contributed by atoms with van der Waals surface area (Å²) in [6.07, 6.45) is 0.113. The van der Waals surface area contributed by atoms with Gasteiger partial charge in [-0.25, -0.2) is 4.39 Å². The number of rotatable bonds is 5. The van der Waals surface area contributed by atoms with Gasteiger partial charge in [-0.2, -0.15) is 0 Å². The first-order valence-corrected chi connectivity index (χ1v) is 8.26. The Kier molecular flexibility index (Phi) is 6.15. The number of nitrogens with zero attached hydrogens (tertiary/aromatic N) is 1. The molecule has 0 fully saturated rings. The lowest BCUT2D eigenvalue weighted by Gasteiger charge is -2.21. The normalized spacial score (nSPS) is 10.4. The van der Waals surface area contributed by atoms with Gasteiger partial charge in [-0.15, -0.1) is 0 Å². The summed E-state index contributed by atoms with van der Waals surface area (Å²) in [7, 11) is 0. The molecule has 25 heavy (non-hydrogen) atoms. The Labute approximate surface area is 151 Å². The van der Waals surface area contributed by atoms with E-state index >= 15 is 0 Å². The molecule has 0 saturated heterocycles. The van der Waals surface area contributed by atoms with Crippen LogP contribution >= 0.6 is 11.6 Å². The van der Waals surface area contributed by atoms with Crippen LogP contribution in [-0.2, 0) is 9.59 Å². The van der Waals surface area contributed by atoms with Crippen LogP contribution in [0.5, 0.6) is 0 Å². The second-order valence-corrected chi connectivity index (χ2v) is 6.24. The molecule has 2 aromatic rings. The molecule has 2 amide bonds. The van der Waals surface area contributed by atoms with E-state index in [0.29, 0.717) is 5.69 Å². The average molecular weight is 363 g/mol. The fourth-order valence-electron chi connectivity index (χ4n) is 2.55. The van der Waals surface area contributed by atoms with Gasteiger partial charge in [0.05, 0.1) is 5.02 Å². The van der Waals surface area contributed by atoms with E-state index in [2.05, 4.69) is 5.32 Å². The summed E-state index contributed by atoms with van der Waals surface area (Å²) in [6, 6.07) is 9.81. The van der Waals surface area contributed by atoms with Gasteiger partial charge in [0.1, 0.15) is 5.82 Å². The quantitative estimate of drug-likeness (QED) is 0.852. The van der Waals surface area contributed by atoms with Crippen LogP contribution in [0.3, 0.4) is 0 Å². The molecule has 0 aliphatic carbocycles. The highest BCUT2D eigenvalue weighted by atomic mass is 35.5. The van der Waals surface area contributed by atoms with Crippen molar-refractivity contribution in [3.8, 4) is 0 Å². The number of halogens is 2. The largest absolute Gasteiger partial charge is 0.326 e. The summed E-state index contributed by atoms with van der Waals surface area (Å²) in [6.45, 7) is 5.41. The maximum atomic E-state index is 13.3. The lowest BCUT2D eigenvalue weighted by Crippen LogP contribution is -2.32. The van der Waals surface area contributed by atoms with E-state index in [0.717, 1.165) is 16.8 Å². The third-order valence-electron chi connectivity index (χ3n) is 3.90. The van der Waals surface area contributed by atoms with Crippen molar-refractivity contribution in [2.24, 2.45) is 0 Å². The van der Waals surface area contributed by atoms with Crippen LogP contribution < -0.4 is 10.2 Å². The van der Waals surface area contributed by atoms with Gasteiger partial charge in [-0.3, -0.25) is 9.59 Å². The molecule has 0 bridgehead atoms. The van der Waals surface area contributed by atoms with Crippen LogP contribution in [-0.4, -0.2) is 18.4 Å². The molecule has 0 heterocycles. The van der Waals surface area contributed by atoms with Crippen molar-refractivity contribution in [2.75, 3.05) is 16.8 Å². The van der Waals surface area contributed by atoms with Gasteiger partial charge in [0.15, 0.2) is 0 Å². The molecule has 0 aromatic heterocycles. The van der Waals surface area contributed by atoms with E-state index in [-0.39, 0.29) is 29.8 Å². The molecule has 0 unspecified atom stereocenters. The number of benzene rings is 2. The fourth-order valence-corrected chi connectivity index (χ4v) is 2.72. The van der Waals surface area contributed by atoms with Crippen molar-refractivity contribution in [1.82, 2.24) is 0 Å². The van der Waals surface area contributed by atoms with Gasteiger partial charge in [0, 0.05) is 31.3 Å². The topological polar surface area (TPSA) is 49.4 Å². The zero-order valence-electron chi connectivity index (χ0n) is 14.4. The summed E-state index contributed by atoms with van der Waals surface area (Å²) >= 11 is 5.78. The maximum Gasteiger partial charge on any atom is 0.226 e. The molecule has 2 aromatic carbocycles. The molecular formula is C19H20ClFN2O2. The van der Waals surface area contributed by atoms with Gasteiger partial charge < -0.3 is 10.2 Å². The Morgan fingerprint density at radius 1 is 1.16 bits per heavy atom. The summed E-state index contributed by atoms with van der Waals surface area (Å²) in [5, 5.41) is 2.82. The van der Waals surface area contributed by atoms with Gasteiger partial charge in [-0.05, 0) is 43.2 Å². The van der Waals surface area contributed by atoms with Crippen molar-refractivity contribution in [3.63, 3.8) is 0 Å². The summed E-state index contributed by atoms with van der Waals surface area (Å²) in [4.78, 5) is 25.5. The van der Waals surface area contributed by atoms with Gasteiger partial charge in [0.25, 0.3) is 0 Å². The number of aryl methyl sites for hydroxylation is 2. The van der Waals surface area contributed by atoms with Gasteiger partial charge >= 0.3 is 0 Å². The third-order valence-corrected chi connectivity index (χ3v) is 4.19. The molecular weight excluding hydrogens is 343 g/mol. The standard InChI is InChI=1S/C19H20ClFN2O2/c1-12-5-4-6-13(2)19(12)22-18(25)9-10-23(14(3)24)15-7-8-17(21)16(20)11-15/h4-8,11H,9-10H2,1-3H3,(H,22,25). The van der Waals surface area contributed by atoms with Crippen LogP contribution in [0.15, 0.2) is 36.4 Å². The van der Waals surface area contributed by atoms with Crippen LogP contribution in [0, 0.1) is 19.7 Å². The number of hydrogen-bond donors (Lipinski definition) is 1. The number of hydrogen-bond acceptors (Lipinski definition) is 2. The second-order valence-electron chi connectivity index (χ2n) is 5.83. The van der Waals surface area contributed by atoms with Crippen LogP contribution in [0.4, 0.5) is 15.8 Å².